The van der Waals surface area contributed by atoms with Crippen LogP contribution in [0.1, 0.15) is 12.8 Å². The summed E-state index contributed by atoms with van der Waals surface area (Å²) in [4.78, 5) is 0. The summed E-state index contributed by atoms with van der Waals surface area (Å²) in [7, 11) is -3.70. The molecular formula is C7H14ClF2NO3S. The van der Waals surface area contributed by atoms with Crippen molar-refractivity contribution in [1.29, 1.82) is 0 Å². The van der Waals surface area contributed by atoms with E-state index in [0.29, 0.717) is 18.7 Å². The van der Waals surface area contributed by atoms with Gasteiger partial charge in [0.15, 0.2) is 0 Å². The maximum atomic E-state index is 12.5. The van der Waals surface area contributed by atoms with Gasteiger partial charge in [-0.05, 0) is 12.8 Å². The largest absolute Gasteiger partial charge is 0.390 e. The minimum absolute atomic E-state index is 0.235. The van der Waals surface area contributed by atoms with Crippen LogP contribution in [0.2, 0.25) is 0 Å². The highest BCUT2D eigenvalue weighted by atomic mass is 35.5. The summed E-state index contributed by atoms with van der Waals surface area (Å²) in [6, 6.07) is 0. The lowest BCUT2D eigenvalue weighted by atomic mass is 10.4. The minimum atomic E-state index is -3.70. The lowest BCUT2D eigenvalue weighted by Gasteiger charge is -2.13. The van der Waals surface area contributed by atoms with Crippen LogP contribution in [-0.4, -0.2) is 44.2 Å². The van der Waals surface area contributed by atoms with Crippen molar-refractivity contribution in [2.24, 2.45) is 0 Å². The lowest BCUT2D eigenvalue weighted by Crippen LogP contribution is -2.39. The summed E-state index contributed by atoms with van der Waals surface area (Å²) in [5, 5.41) is 8.20. The summed E-state index contributed by atoms with van der Waals surface area (Å²) in [6.45, 7) is -2.45. The molecule has 0 aromatic heterocycles. The lowest BCUT2D eigenvalue weighted by molar-refractivity contribution is -0.0437. The van der Waals surface area contributed by atoms with Crippen LogP contribution in [0.5, 0.6) is 0 Å². The molecule has 0 unspecified atom stereocenters. The van der Waals surface area contributed by atoms with E-state index in [2.05, 4.69) is 0 Å². The molecule has 0 aliphatic rings. The first-order valence-electron chi connectivity index (χ1n) is 4.35. The number of rotatable bonds is 8. The Morgan fingerprint density at radius 3 is 2.40 bits per heavy atom. The van der Waals surface area contributed by atoms with Gasteiger partial charge in [-0.1, -0.05) is 0 Å². The maximum Gasteiger partial charge on any atom is 0.283 e. The third-order valence-electron chi connectivity index (χ3n) is 1.58. The number of nitrogens with one attached hydrogen (secondary N) is 1. The van der Waals surface area contributed by atoms with E-state index in [1.807, 2.05) is 0 Å². The highest BCUT2D eigenvalue weighted by Crippen LogP contribution is 2.10. The standard InChI is InChI=1S/C7H14ClF2NO3S/c8-3-1-2-4-15(13,14)11-5-7(9,10)6-12/h11-12H,1-6H2. The van der Waals surface area contributed by atoms with E-state index in [-0.39, 0.29) is 5.75 Å². The summed E-state index contributed by atoms with van der Waals surface area (Å²) in [6.07, 6.45) is 0.836. The van der Waals surface area contributed by atoms with E-state index in [9.17, 15) is 17.2 Å². The van der Waals surface area contributed by atoms with Crippen LogP contribution < -0.4 is 4.72 Å². The molecule has 0 fully saturated rings. The van der Waals surface area contributed by atoms with Gasteiger partial charge in [-0.2, -0.15) is 0 Å². The van der Waals surface area contributed by atoms with Gasteiger partial charge in [0.25, 0.3) is 5.92 Å². The summed E-state index contributed by atoms with van der Waals surface area (Å²) >= 11 is 5.33. The molecule has 0 aromatic carbocycles. The Kier molecular flexibility index (Phi) is 6.58. The van der Waals surface area contributed by atoms with Crippen LogP contribution >= 0.6 is 11.6 Å². The fourth-order valence-electron chi connectivity index (χ4n) is 0.730. The molecule has 2 N–H and O–H groups in total. The Morgan fingerprint density at radius 1 is 1.33 bits per heavy atom. The maximum absolute atomic E-state index is 12.5. The molecule has 0 saturated heterocycles. The minimum Gasteiger partial charge on any atom is -0.390 e. The summed E-state index contributed by atoms with van der Waals surface area (Å²) in [5.41, 5.74) is 0. The number of hydrogen-bond donors (Lipinski definition) is 2. The van der Waals surface area contributed by atoms with Gasteiger partial charge in [-0.3, -0.25) is 0 Å². The van der Waals surface area contributed by atoms with E-state index in [1.165, 1.54) is 0 Å². The average molecular weight is 266 g/mol. The normalized spacial score (nSPS) is 13.1. The Morgan fingerprint density at radius 2 is 1.93 bits per heavy atom. The molecule has 0 bridgehead atoms. The smallest absolute Gasteiger partial charge is 0.283 e. The van der Waals surface area contributed by atoms with Crippen LogP contribution in [0.25, 0.3) is 0 Å². The second kappa shape index (κ2) is 6.57. The third kappa shape index (κ3) is 7.89. The van der Waals surface area contributed by atoms with Crippen molar-refractivity contribution >= 4 is 21.6 Å². The van der Waals surface area contributed by atoms with Crippen molar-refractivity contribution in [1.82, 2.24) is 4.72 Å². The Labute approximate surface area is 92.7 Å². The Balaban J connectivity index is 3.94. The molecule has 0 aliphatic carbocycles. The molecule has 92 valence electrons. The van der Waals surface area contributed by atoms with Gasteiger partial charge < -0.3 is 5.11 Å². The highest BCUT2D eigenvalue weighted by Gasteiger charge is 2.29. The first-order valence-corrected chi connectivity index (χ1v) is 6.54. The Hall–Kier alpha value is 0.0200. The second-order valence-electron chi connectivity index (χ2n) is 3.05. The topological polar surface area (TPSA) is 66.4 Å². The number of aliphatic hydroxyl groups is 1. The zero-order chi connectivity index (χ0) is 11.9. The second-order valence-corrected chi connectivity index (χ2v) is 5.35. The third-order valence-corrected chi connectivity index (χ3v) is 3.26. The zero-order valence-electron chi connectivity index (χ0n) is 8.05. The van der Waals surface area contributed by atoms with E-state index >= 15 is 0 Å². The van der Waals surface area contributed by atoms with Gasteiger partial charge >= 0.3 is 0 Å². The number of alkyl halides is 3. The molecule has 4 nitrogen and oxygen atoms in total. The van der Waals surface area contributed by atoms with Crippen molar-refractivity contribution in [3.63, 3.8) is 0 Å². The highest BCUT2D eigenvalue weighted by molar-refractivity contribution is 7.89. The van der Waals surface area contributed by atoms with Crippen molar-refractivity contribution in [2.45, 2.75) is 18.8 Å². The van der Waals surface area contributed by atoms with Gasteiger partial charge in [-0.25, -0.2) is 21.9 Å². The van der Waals surface area contributed by atoms with Crippen LogP contribution in [0.15, 0.2) is 0 Å². The van der Waals surface area contributed by atoms with Crippen LogP contribution in [0, 0.1) is 0 Å². The summed E-state index contributed by atoms with van der Waals surface area (Å²) < 4.78 is 48.9. The van der Waals surface area contributed by atoms with E-state index in [4.69, 9.17) is 16.7 Å². The van der Waals surface area contributed by atoms with Gasteiger partial charge in [0.2, 0.25) is 10.0 Å². The monoisotopic (exact) mass is 265 g/mol. The predicted octanol–water partition coefficient (Wildman–Crippen LogP) is 0.552. The molecule has 0 rings (SSSR count). The predicted molar refractivity (Wildman–Crippen MR) is 53.8 cm³/mol. The van der Waals surface area contributed by atoms with Crippen LogP contribution in [0.3, 0.4) is 0 Å². The average Bonchev–Trinajstić information content (AvgIpc) is 2.16. The molecule has 0 radical (unpaired) electrons. The van der Waals surface area contributed by atoms with Gasteiger partial charge in [0, 0.05) is 5.88 Å². The van der Waals surface area contributed by atoms with Gasteiger partial charge in [-0.15, -0.1) is 11.6 Å². The van der Waals surface area contributed by atoms with Crippen LogP contribution in [-0.2, 0) is 10.0 Å². The van der Waals surface area contributed by atoms with Gasteiger partial charge in [0.05, 0.1) is 12.3 Å². The fourth-order valence-corrected chi connectivity index (χ4v) is 2.08. The van der Waals surface area contributed by atoms with Gasteiger partial charge in [0.1, 0.15) is 6.61 Å². The quantitative estimate of drug-likeness (QED) is 0.498. The van der Waals surface area contributed by atoms with Crippen molar-refractivity contribution in [3.05, 3.63) is 0 Å². The molecule has 0 atom stereocenters. The van der Waals surface area contributed by atoms with E-state index < -0.39 is 29.1 Å². The molecule has 0 heterocycles. The Bertz CT molecular complexity index is 271. The first-order chi connectivity index (χ1) is 6.83. The molecule has 0 aromatic rings. The van der Waals surface area contributed by atoms with Crippen molar-refractivity contribution in [3.8, 4) is 0 Å². The van der Waals surface area contributed by atoms with Crippen molar-refractivity contribution < 1.29 is 22.3 Å². The molecule has 0 amide bonds. The summed E-state index contributed by atoms with van der Waals surface area (Å²) in [5.74, 6) is -3.32. The number of unbranched alkanes of at least 4 members (excludes halogenated alkanes) is 1. The number of hydrogen-bond acceptors (Lipinski definition) is 3. The molecular weight excluding hydrogens is 252 g/mol. The SMILES string of the molecule is O=S(=O)(CCCCCl)NCC(F)(F)CO. The number of aliphatic hydroxyl groups excluding tert-OH is 1. The molecule has 0 saturated carbocycles. The number of halogens is 3. The van der Waals surface area contributed by atoms with Crippen LogP contribution in [0.4, 0.5) is 8.78 Å². The molecule has 8 heteroatoms. The zero-order valence-corrected chi connectivity index (χ0v) is 9.62. The van der Waals surface area contributed by atoms with E-state index in [1.54, 1.807) is 4.72 Å². The van der Waals surface area contributed by atoms with Crippen molar-refractivity contribution in [2.75, 3.05) is 24.8 Å². The molecule has 0 spiro atoms. The molecule has 0 aliphatic heterocycles. The fraction of sp³-hybridized carbons (Fsp3) is 1.00. The number of sulfonamides is 1. The first kappa shape index (κ1) is 15.0. The van der Waals surface area contributed by atoms with E-state index in [0.717, 1.165) is 0 Å². The molecule has 15 heavy (non-hydrogen) atoms.